The normalized spacial score (nSPS) is 10.7. The SMILES string of the molecule is CCc1nn(C)c(COc2c(Br)cccc2OC)c1Br. The van der Waals surface area contributed by atoms with Crippen molar-refractivity contribution in [1.29, 1.82) is 0 Å². The summed E-state index contributed by atoms with van der Waals surface area (Å²) in [7, 11) is 3.55. The van der Waals surface area contributed by atoms with Crippen LogP contribution in [0.3, 0.4) is 0 Å². The van der Waals surface area contributed by atoms with Crippen molar-refractivity contribution in [3.05, 3.63) is 38.5 Å². The molecule has 0 aliphatic heterocycles. The van der Waals surface area contributed by atoms with E-state index in [1.54, 1.807) is 7.11 Å². The lowest BCUT2D eigenvalue weighted by molar-refractivity contribution is 0.273. The van der Waals surface area contributed by atoms with Crippen molar-refractivity contribution in [1.82, 2.24) is 9.78 Å². The van der Waals surface area contributed by atoms with E-state index in [0.29, 0.717) is 18.1 Å². The predicted molar refractivity (Wildman–Crippen MR) is 85.3 cm³/mol. The zero-order chi connectivity index (χ0) is 14.7. The molecule has 2 rings (SSSR count). The van der Waals surface area contributed by atoms with Gasteiger partial charge >= 0.3 is 0 Å². The highest BCUT2D eigenvalue weighted by atomic mass is 79.9. The first-order valence-corrected chi connectivity index (χ1v) is 7.82. The number of benzene rings is 1. The molecule has 0 bridgehead atoms. The Morgan fingerprint density at radius 1 is 1.30 bits per heavy atom. The Morgan fingerprint density at radius 2 is 2.05 bits per heavy atom. The van der Waals surface area contributed by atoms with Crippen LogP contribution in [-0.2, 0) is 20.1 Å². The lowest BCUT2D eigenvalue weighted by Crippen LogP contribution is -2.04. The number of rotatable bonds is 5. The molecule has 1 heterocycles. The Morgan fingerprint density at radius 3 is 2.65 bits per heavy atom. The molecule has 6 heteroatoms. The quantitative estimate of drug-likeness (QED) is 0.754. The van der Waals surface area contributed by atoms with Gasteiger partial charge in [0, 0.05) is 7.05 Å². The second-order valence-corrected chi connectivity index (χ2v) is 5.89. The second-order valence-electron chi connectivity index (χ2n) is 4.24. The van der Waals surface area contributed by atoms with Crippen molar-refractivity contribution in [3.8, 4) is 11.5 Å². The highest BCUT2D eigenvalue weighted by molar-refractivity contribution is 9.10. The molecule has 108 valence electrons. The summed E-state index contributed by atoms with van der Waals surface area (Å²) in [5, 5.41) is 4.45. The van der Waals surface area contributed by atoms with Gasteiger partial charge in [-0.15, -0.1) is 0 Å². The largest absolute Gasteiger partial charge is 0.493 e. The third-order valence-electron chi connectivity index (χ3n) is 3.01. The van der Waals surface area contributed by atoms with Gasteiger partial charge in [0.2, 0.25) is 0 Å². The molecule has 20 heavy (non-hydrogen) atoms. The molecule has 0 radical (unpaired) electrons. The number of nitrogens with zero attached hydrogens (tertiary/aromatic N) is 2. The molecule has 0 aliphatic carbocycles. The van der Waals surface area contributed by atoms with Gasteiger partial charge in [0.25, 0.3) is 0 Å². The molecule has 0 spiro atoms. The van der Waals surface area contributed by atoms with E-state index < -0.39 is 0 Å². The van der Waals surface area contributed by atoms with E-state index >= 15 is 0 Å². The first-order valence-electron chi connectivity index (χ1n) is 6.24. The standard InChI is InChI=1S/C14H16Br2N2O2/c1-4-10-13(16)11(18(2)17-10)8-20-14-9(15)6-5-7-12(14)19-3/h5-7H,4,8H2,1-3H3. The summed E-state index contributed by atoms with van der Waals surface area (Å²) in [5.74, 6) is 1.40. The summed E-state index contributed by atoms with van der Waals surface area (Å²) in [6.45, 7) is 2.50. The fraction of sp³-hybridized carbons (Fsp3) is 0.357. The van der Waals surface area contributed by atoms with Gasteiger partial charge in [-0.3, -0.25) is 4.68 Å². The zero-order valence-corrected chi connectivity index (χ0v) is 14.8. The molecule has 0 fully saturated rings. The number of hydrogen-bond donors (Lipinski definition) is 0. The number of methoxy groups -OCH3 is 1. The van der Waals surface area contributed by atoms with Gasteiger partial charge in [-0.25, -0.2) is 0 Å². The van der Waals surface area contributed by atoms with Crippen LogP contribution in [0.1, 0.15) is 18.3 Å². The lowest BCUT2D eigenvalue weighted by Gasteiger charge is -2.12. The highest BCUT2D eigenvalue weighted by Crippen LogP contribution is 2.36. The molecule has 0 unspecified atom stereocenters. The number of para-hydroxylation sites is 1. The van der Waals surface area contributed by atoms with E-state index in [1.807, 2.05) is 29.9 Å². The summed E-state index contributed by atoms with van der Waals surface area (Å²) in [6.07, 6.45) is 0.882. The van der Waals surface area contributed by atoms with E-state index in [-0.39, 0.29) is 0 Å². The van der Waals surface area contributed by atoms with E-state index in [4.69, 9.17) is 9.47 Å². The molecule has 0 atom stereocenters. The van der Waals surface area contributed by atoms with Gasteiger partial charge in [0.05, 0.1) is 27.4 Å². The highest BCUT2D eigenvalue weighted by Gasteiger charge is 2.15. The molecule has 0 amide bonds. The van der Waals surface area contributed by atoms with Crippen LogP contribution in [0.15, 0.2) is 27.1 Å². The van der Waals surface area contributed by atoms with Crippen LogP contribution in [0.4, 0.5) is 0 Å². The summed E-state index contributed by atoms with van der Waals surface area (Å²) >= 11 is 7.06. The number of hydrogen-bond acceptors (Lipinski definition) is 3. The monoisotopic (exact) mass is 402 g/mol. The van der Waals surface area contributed by atoms with E-state index in [2.05, 4.69) is 43.9 Å². The van der Waals surface area contributed by atoms with Gasteiger partial charge in [0.15, 0.2) is 11.5 Å². The number of aryl methyl sites for hydroxylation is 2. The maximum absolute atomic E-state index is 5.90. The Balaban J connectivity index is 2.23. The number of halogens is 2. The van der Waals surface area contributed by atoms with Crippen LogP contribution in [0.5, 0.6) is 11.5 Å². The molecule has 2 aromatic rings. The molecular formula is C14H16Br2N2O2. The van der Waals surface area contributed by atoms with E-state index in [9.17, 15) is 0 Å². The molecule has 0 saturated heterocycles. The van der Waals surface area contributed by atoms with Crippen LogP contribution in [0.25, 0.3) is 0 Å². The minimum Gasteiger partial charge on any atom is -0.493 e. The minimum atomic E-state index is 0.420. The average Bonchev–Trinajstić information content (AvgIpc) is 2.72. The van der Waals surface area contributed by atoms with Gasteiger partial charge < -0.3 is 9.47 Å². The van der Waals surface area contributed by atoms with E-state index in [0.717, 1.165) is 26.8 Å². The first-order chi connectivity index (χ1) is 9.58. The summed E-state index contributed by atoms with van der Waals surface area (Å²) in [5.41, 5.74) is 2.03. The smallest absolute Gasteiger partial charge is 0.175 e. The van der Waals surface area contributed by atoms with Crippen LogP contribution >= 0.6 is 31.9 Å². The minimum absolute atomic E-state index is 0.420. The molecule has 0 N–H and O–H groups in total. The van der Waals surface area contributed by atoms with Gasteiger partial charge in [-0.1, -0.05) is 13.0 Å². The van der Waals surface area contributed by atoms with Crippen LogP contribution in [0.2, 0.25) is 0 Å². The Kier molecular flexibility index (Phi) is 5.10. The van der Waals surface area contributed by atoms with Crippen LogP contribution < -0.4 is 9.47 Å². The second kappa shape index (κ2) is 6.63. The molecule has 4 nitrogen and oxygen atoms in total. The predicted octanol–water partition coefficient (Wildman–Crippen LogP) is 4.10. The third-order valence-corrected chi connectivity index (χ3v) is 4.55. The number of aromatic nitrogens is 2. The first kappa shape index (κ1) is 15.4. The van der Waals surface area contributed by atoms with Crippen LogP contribution in [-0.4, -0.2) is 16.9 Å². The Labute approximate surface area is 135 Å². The van der Waals surface area contributed by atoms with Gasteiger partial charge in [-0.05, 0) is 50.4 Å². The number of ether oxygens (including phenoxy) is 2. The molecule has 1 aromatic carbocycles. The van der Waals surface area contributed by atoms with Crippen molar-refractivity contribution in [2.75, 3.05) is 7.11 Å². The maximum atomic E-state index is 5.90. The fourth-order valence-electron chi connectivity index (χ4n) is 1.91. The molecular weight excluding hydrogens is 388 g/mol. The Hall–Kier alpha value is -1.01. The summed E-state index contributed by atoms with van der Waals surface area (Å²) in [4.78, 5) is 0. The third kappa shape index (κ3) is 3.01. The molecule has 0 saturated carbocycles. The summed E-state index contributed by atoms with van der Waals surface area (Å²) < 4.78 is 14.9. The van der Waals surface area contributed by atoms with Gasteiger partial charge in [0.1, 0.15) is 6.61 Å². The van der Waals surface area contributed by atoms with Crippen molar-refractivity contribution >= 4 is 31.9 Å². The molecule has 1 aromatic heterocycles. The topological polar surface area (TPSA) is 36.3 Å². The van der Waals surface area contributed by atoms with Crippen molar-refractivity contribution in [2.45, 2.75) is 20.0 Å². The Bertz CT molecular complexity index is 611. The van der Waals surface area contributed by atoms with Gasteiger partial charge in [-0.2, -0.15) is 5.10 Å². The van der Waals surface area contributed by atoms with Crippen LogP contribution in [0, 0.1) is 0 Å². The van der Waals surface area contributed by atoms with Crippen molar-refractivity contribution < 1.29 is 9.47 Å². The zero-order valence-electron chi connectivity index (χ0n) is 11.6. The average molecular weight is 404 g/mol. The molecule has 0 aliphatic rings. The van der Waals surface area contributed by atoms with Crippen molar-refractivity contribution in [3.63, 3.8) is 0 Å². The van der Waals surface area contributed by atoms with Crippen molar-refractivity contribution in [2.24, 2.45) is 7.05 Å². The fourth-order valence-corrected chi connectivity index (χ4v) is 3.10. The maximum Gasteiger partial charge on any atom is 0.175 e. The summed E-state index contributed by atoms with van der Waals surface area (Å²) in [6, 6.07) is 5.70. The van der Waals surface area contributed by atoms with E-state index in [1.165, 1.54) is 0 Å². The lowest BCUT2D eigenvalue weighted by atomic mass is 10.3.